The molecule has 2 atom stereocenters. The molecule has 0 aromatic heterocycles. The number of esters is 1. The smallest absolute Gasteiger partial charge is 0.305 e. The highest BCUT2D eigenvalue weighted by atomic mass is 16.5. The van der Waals surface area contributed by atoms with Crippen molar-refractivity contribution in [2.24, 2.45) is 5.92 Å². The summed E-state index contributed by atoms with van der Waals surface area (Å²) in [6, 6.07) is 0. The first kappa shape index (κ1) is 17.9. The van der Waals surface area contributed by atoms with Gasteiger partial charge in [0.2, 0.25) is 0 Å². The molecule has 2 N–H and O–H groups in total. The molecule has 0 spiro atoms. The van der Waals surface area contributed by atoms with E-state index in [2.05, 4.69) is 0 Å². The molecule has 0 rings (SSSR count). The standard InChI is InChI=1S/C14H26O5/c1-3-11(9-12(15)4-2)10-19-14(18)8-6-5-7-13(16)17/h11-12,15H,3-10H2,1-2H3,(H,16,17). The molecule has 112 valence electrons. The number of aliphatic hydroxyl groups excluding tert-OH is 1. The maximum Gasteiger partial charge on any atom is 0.305 e. The Balaban J connectivity index is 3.71. The van der Waals surface area contributed by atoms with Crippen molar-refractivity contribution < 1.29 is 24.5 Å². The Hall–Kier alpha value is -1.10. The van der Waals surface area contributed by atoms with Crippen molar-refractivity contribution >= 4 is 11.9 Å². The Labute approximate surface area is 115 Å². The highest BCUT2D eigenvalue weighted by molar-refractivity contribution is 5.69. The summed E-state index contributed by atoms with van der Waals surface area (Å²) >= 11 is 0. The first-order valence-electron chi connectivity index (χ1n) is 7.05. The monoisotopic (exact) mass is 274 g/mol. The lowest BCUT2D eigenvalue weighted by atomic mass is 9.98. The van der Waals surface area contributed by atoms with Crippen molar-refractivity contribution in [3.63, 3.8) is 0 Å². The molecule has 0 heterocycles. The summed E-state index contributed by atoms with van der Waals surface area (Å²) in [5.41, 5.74) is 0. The van der Waals surface area contributed by atoms with E-state index in [9.17, 15) is 14.7 Å². The number of unbranched alkanes of at least 4 members (excludes halogenated alkanes) is 1. The summed E-state index contributed by atoms with van der Waals surface area (Å²) in [5, 5.41) is 18.0. The van der Waals surface area contributed by atoms with E-state index in [-0.39, 0.29) is 30.8 Å². The van der Waals surface area contributed by atoms with Gasteiger partial charge in [-0.3, -0.25) is 9.59 Å². The van der Waals surface area contributed by atoms with Crippen LogP contribution in [0, 0.1) is 5.92 Å². The lowest BCUT2D eigenvalue weighted by Crippen LogP contribution is -2.19. The van der Waals surface area contributed by atoms with Crippen LogP contribution in [0.15, 0.2) is 0 Å². The van der Waals surface area contributed by atoms with E-state index in [0.29, 0.717) is 32.3 Å². The quantitative estimate of drug-likeness (QED) is 0.446. The molecule has 5 heteroatoms. The van der Waals surface area contributed by atoms with Gasteiger partial charge in [0.05, 0.1) is 12.7 Å². The van der Waals surface area contributed by atoms with Gasteiger partial charge < -0.3 is 14.9 Å². The predicted octanol–water partition coefficient (Wildman–Crippen LogP) is 2.36. The molecule has 0 aromatic carbocycles. The van der Waals surface area contributed by atoms with Gasteiger partial charge in [-0.1, -0.05) is 13.8 Å². The molecule has 5 nitrogen and oxygen atoms in total. The third-order valence-corrected chi connectivity index (χ3v) is 3.16. The van der Waals surface area contributed by atoms with Gasteiger partial charge in [-0.15, -0.1) is 0 Å². The summed E-state index contributed by atoms with van der Waals surface area (Å²) < 4.78 is 5.15. The molecule has 0 aliphatic heterocycles. The molecule has 0 aromatic rings. The van der Waals surface area contributed by atoms with E-state index in [1.807, 2.05) is 13.8 Å². The van der Waals surface area contributed by atoms with Crippen LogP contribution in [0.3, 0.4) is 0 Å². The number of carboxylic acids is 1. The lowest BCUT2D eigenvalue weighted by Gasteiger charge is -2.17. The zero-order chi connectivity index (χ0) is 14.7. The normalized spacial score (nSPS) is 13.8. The maximum atomic E-state index is 11.4. The van der Waals surface area contributed by atoms with Gasteiger partial charge in [0, 0.05) is 12.8 Å². The number of carbonyl (C=O) groups excluding carboxylic acids is 1. The fourth-order valence-electron chi connectivity index (χ4n) is 1.73. The average Bonchev–Trinajstić information content (AvgIpc) is 2.38. The Morgan fingerprint density at radius 2 is 1.74 bits per heavy atom. The number of rotatable bonds is 11. The largest absolute Gasteiger partial charge is 0.481 e. The minimum atomic E-state index is -0.840. The second-order valence-corrected chi connectivity index (χ2v) is 4.86. The maximum absolute atomic E-state index is 11.4. The minimum absolute atomic E-state index is 0.0908. The van der Waals surface area contributed by atoms with E-state index in [4.69, 9.17) is 9.84 Å². The number of hydrogen-bond acceptors (Lipinski definition) is 4. The van der Waals surface area contributed by atoms with Crippen LogP contribution in [0.4, 0.5) is 0 Å². The molecule has 19 heavy (non-hydrogen) atoms. The summed E-state index contributed by atoms with van der Waals surface area (Å²) in [5.74, 6) is -0.930. The molecule has 0 aliphatic rings. The van der Waals surface area contributed by atoms with Gasteiger partial charge in [0.15, 0.2) is 0 Å². The third kappa shape index (κ3) is 10.5. The Morgan fingerprint density at radius 3 is 2.26 bits per heavy atom. The Kier molecular flexibility index (Phi) is 10.2. The lowest BCUT2D eigenvalue weighted by molar-refractivity contribution is -0.146. The van der Waals surface area contributed by atoms with Crippen molar-refractivity contribution in [2.75, 3.05) is 6.61 Å². The number of hydrogen-bond donors (Lipinski definition) is 2. The molecule has 0 bridgehead atoms. The Morgan fingerprint density at radius 1 is 1.11 bits per heavy atom. The van der Waals surface area contributed by atoms with E-state index >= 15 is 0 Å². The topological polar surface area (TPSA) is 83.8 Å². The summed E-state index contributed by atoms with van der Waals surface area (Å²) in [7, 11) is 0. The first-order valence-corrected chi connectivity index (χ1v) is 7.05. The number of aliphatic hydroxyl groups is 1. The summed E-state index contributed by atoms with van der Waals surface area (Å²) in [4.78, 5) is 21.7. The summed E-state index contributed by atoms with van der Waals surface area (Å²) in [6.45, 7) is 4.27. The second-order valence-electron chi connectivity index (χ2n) is 4.86. The van der Waals surface area contributed by atoms with Crippen LogP contribution in [0.5, 0.6) is 0 Å². The molecule has 2 unspecified atom stereocenters. The van der Waals surface area contributed by atoms with Crippen molar-refractivity contribution in [3.05, 3.63) is 0 Å². The van der Waals surface area contributed by atoms with Gasteiger partial charge in [0.25, 0.3) is 0 Å². The molecule has 0 saturated heterocycles. The van der Waals surface area contributed by atoms with Crippen molar-refractivity contribution in [2.45, 2.75) is 64.9 Å². The van der Waals surface area contributed by atoms with E-state index in [1.54, 1.807) is 0 Å². The van der Waals surface area contributed by atoms with E-state index in [0.717, 1.165) is 6.42 Å². The Bertz CT molecular complexity index is 265. The number of carboxylic acid groups (broad SMARTS) is 1. The van der Waals surface area contributed by atoms with Gasteiger partial charge in [-0.25, -0.2) is 0 Å². The average molecular weight is 274 g/mol. The van der Waals surface area contributed by atoms with Gasteiger partial charge in [0.1, 0.15) is 0 Å². The van der Waals surface area contributed by atoms with Gasteiger partial charge in [-0.05, 0) is 38.0 Å². The number of ether oxygens (including phenoxy) is 1. The minimum Gasteiger partial charge on any atom is -0.481 e. The van der Waals surface area contributed by atoms with Crippen LogP contribution >= 0.6 is 0 Å². The van der Waals surface area contributed by atoms with Gasteiger partial charge >= 0.3 is 11.9 Å². The van der Waals surface area contributed by atoms with Crippen LogP contribution in [-0.4, -0.2) is 34.9 Å². The fourth-order valence-corrected chi connectivity index (χ4v) is 1.73. The second kappa shape index (κ2) is 10.8. The van der Waals surface area contributed by atoms with Crippen LogP contribution in [-0.2, 0) is 14.3 Å². The summed E-state index contributed by atoms with van der Waals surface area (Å²) in [6.07, 6.45) is 3.28. The highest BCUT2D eigenvalue weighted by Gasteiger charge is 2.14. The van der Waals surface area contributed by atoms with Crippen molar-refractivity contribution in [1.29, 1.82) is 0 Å². The zero-order valence-electron chi connectivity index (χ0n) is 11.9. The molecule has 0 fully saturated rings. The van der Waals surface area contributed by atoms with E-state index in [1.165, 1.54) is 0 Å². The van der Waals surface area contributed by atoms with Crippen LogP contribution in [0.25, 0.3) is 0 Å². The van der Waals surface area contributed by atoms with Crippen molar-refractivity contribution in [1.82, 2.24) is 0 Å². The number of carbonyl (C=O) groups is 2. The molecule has 0 amide bonds. The first-order chi connectivity index (χ1) is 8.99. The highest BCUT2D eigenvalue weighted by Crippen LogP contribution is 2.14. The van der Waals surface area contributed by atoms with Gasteiger partial charge in [-0.2, -0.15) is 0 Å². The van der Waals surface area contributed by atoms with Crippen molar-refractivity contribution in [3.8, 4) is 0 Å². The molecular weight excluding hydrogens is 248 g/mol. The molecule has 0 radical (unpaired) electrons. The fraction of sp³-hybridized carbons (Fsp3) is 0.857. The predicted molar refractivity (Wildman–Crippen MR) is 71.8 cm³/mol. The molecule has 0 aliphatic carbocycles. The molecule has 0 saturated carbocycles. The zero-order valence-corrected chi connectivity index (χ0v) is 11.9. The van der Waals surface area contributed by atoms with Crippen LogP contribution in [0.1, 0.15) is 58.8 Å². The molecular formula is C14H26O5. The third-order valence-electron chi connectivity index (χ3n) is 3.16. The SMILES string of the molecule is CCC(O)CC(CC)COC(=O)CCCCC(=O)O. The van der Waals surface area contributed by atoms with Crippen LogP contribution < -0.4 is 0 Å². The number of aliphatic carboxylic acids is 1. The van der Waals surface area contributed by atoms with Crippen LogP contribution in [0.2, 0.25) is 0 Å². The van der Waals surface area contributed by atoms with E-state index < -0.39 is 5.97 Å².